The molecular formula is C18H18O2S. The summed E-state index contributed by atoms with van der Waals surface area (Å²) in [6.45, 7) is 3.99. The molecule has 0 aliphatic carbocycles. The maximum Gasteiger partial charge on any atom is 0.120 e. The zero-order valence-corrected chi connectivity index (χ0v) is 12.9. The molecule has 0 amide bonds. The van der Waals surface area contributed by atoms with Gasteiger partial charge >= 0.3 is 0 Å². The molecule has 1 unspecified atom stereocenters. The van der Waals surface area contributed by atoms with Crippen molar-refractivity contribution in [3.8, 4) is 5.75 Å². The van der Waals surface area contributed by atoms with Crippen LogP contribution in [0.25, 0.3) is 10.1 Å². The van der Waals surface area contributed by atoms with E-state index in [9.17, 15) is 5.11 Å². The summed E-state index contributed by atoms with van der Waals surface area (Å²) in [6.07, 6.45) is -0.486. The summed E-state index contributed by atoms with van der Waals surface area (Å²) in [5.74, 6) is 0.794. The van der Waals surface area contributed by atoms with Crippen molar-refractivity contribution in [2.45, 2.75) is 26.1 Å². The van der Waals surface area contributed by atoms with Crippen LogP contribution in [0.4, 0.5) is 0 Å². The topological polar surface area (TPSA) is 29.5 Å². The van der Waals surface area contributed by atoms with Gasteiger partial charge in [-0.05, 0) is 49.1 Å². The molecule has 2 nitrogen and oxygen atoms in total. The van der Waals surface area contributed by atoms with Crippen molar-refractivity contribution >= 4 is 21.4 Å². The molecule has 1 atom stereocenters. The van der Waals surface area contributed by atoms with Gasteiger partial charge in [0.2, 0.25) is 0 Å². The van der Waals surface area contributed by atoms with Crippen molar-refractivity contribution in [3.63, 3.8) is 0 Å². The van der Waals surface area contributed by atoms with Crippen LogP contribution < -0.4 is 4.74 Å². The highest BCUT2D eigenvalue weighted by molar-refractivity contribution is 7.19. The van der Waals surface area contributed by atoms with Gasteiger partial charge in [-0.25, -0.2) is 0 Å². The third kappa shape index (κ3) is 3.09. The lowest BCUT2D eigenvalue weighted by Crippen LogP contribution is -2.06. The molecule has 3 heteroatoms. The Kier molecular flexibility index (Phi) is 3.95. The summed E-state index contributed by atoms with van der Waals surface area (Å²) in [6, 6.07) is 17.9. The summed E-state index contributed by atoms with van der Waals surface area (Å²) >= 11 is 1.63. The molecule has 0 radical (unpaired) electrons. The van der Waals surface area contributed by atoms with E-state index in [4.69, 9.17) is 4.74 Å². The normalized spacial score (nSPS) is 12.8. The first kappa shape index (κ1) is 14.1. The summed E-state index contributed by atoms with van der Waals surface area (Å²) < 4.78 is 6.89. The molecule has 0 aliphatic rings. The predicted octanol–water partition coefficient (Wildman–Crippen LogP) is 4.77. The van der Waals surface area contributed by atoms with Crippen LogP contribution in [0.15, 0.2) is 54.6 Å². The van der Waals surface area contributed by atoms with Crippen molar-refractivity contribution in [1.82, 2.24) is 0 Å². The largest absolute Gasteiger partial charge is 0.491 e. The average Bonchev–Trinajstić information content (AvgIpc) is 2.90. The molecule has 0 spiro atoms. The van der Waals surface area contributed by atoms with Crippen LogP contribution in [-0.2, 0) is 0 Å². The van der Waals surface area contributed by atoms with E-state index in [1.54, 1.807) is 11.3 Å². The van der Waals surface area contributed by atoms with Crippen molar-refractivity contribution in [2.24, 2.45) is 0 Å². The Hall–Kier alpha value is -1.84. The van der Waals surface area contributed by atoms with Gasteiger partial charge in [-0.3, -0.25) is 0 Å². The molecule has 3 aromatic rings. The minimum absolute atomic E-state index is 0.127. The lowest BCUT2D eigenvalue weighted by atomic mass is 10.1. The van der Waals surface area contributed by atoms with Crippen LogP contribution in [0.2, 0.25) is 0 Å². The van der Waals surface area contributed by atoms with Gasteiger partial charge in [0.25, 0.3) is 0 Å². The molecule has 0 saturated heterocycles. The fourth-order valence-electron chi connectivity index (χ4n) is 2.33. The van der Waals surface area contributed by atoms with Crippen LogP contribution >= 0.6 is 11.3 Å². The van der Waals surface area contributed by atoms with Crippen molar-refractivity contribution in [3.05, 3.63) is 65.0 Å². The first-order valence-electron chi connectivity index (χ1n) is 7.06. The number of aliphatic hydroxyl groups is 1. The standard InChI is InChI=1S/C18H18O2S/c1-12(2)20-15-8-5-7-14(10-15)18(19)17-11-13-6-3-4-9-16(13)21-17/h3-12,18-19H,1-2H3. The second-order valence-corrected chi connectivity index (χ2v) is 6.44. The van der Waals surface area contributed by atoms with Gasteiger partial charge in [-0.1, -0.05) is 30.3 Å². The Balaban J connectivity index is 1.92. The van der Waals surface area contributed by atoms with E-state index < -0.39 is 6.10 Å². The van der Waals surface area contributed by atoms with E-state index in [1.807, 2.05) is 50.2 Å². The van der Waals surface area contributed by atoms with Crippen LogP contribution in [0.3, 0.4) is 0 Å². The number of thiophene rings is 1. The van der Waals surface area contributed by atoms with E-state index in [0.29, 0.717) is 0 Å². The molecule has 1 N–H and O–H groups in total. The number of fused-ring (bicyclic) bond motifs is 1. The summed E-state index contributed by atoms with van der Waals surface area (Å²) in [7, 11) is 0. The number of aliphatic hydroxyl groups excluding tert-OH is 1. The van der Waals surface area contributed by atoms with Gasteiger partial charge in [0.15, 0.2) is 0 Å². The van der Waals surface area contributed by atoms with Crippen LogP contribution in [0.5, 0.6) is 5.75 Å². The Morgan fingerprint density at radius 3 is 2.57 bits per heavy atom. The molecule has 1 aromatic heterocycles. The minimum Gasteiger partial charge on any atom is -0.491 e. The highest BCUT2D eigenvalue weighted by Gasteiger charge is 2.14. The Morgan fingerprint density at radius 1 is 1.00 bits per heavy atom. The highest BCUT2D eigenvalue weighted by Crippen LogP contribution is 2.34. The molecule has 0 saturated carbocycles. The molecule has 0 fully saturated rings. The Morgan fingerprint density at radius 2 is 1.81 bits per heavy atom. The second kappa shape index (κ2) is 5.88. The SMILES string of the molecule is CC(C)Oc1cccc(C(O)c2cc3ccccc3s2)c1. The van der Waals surface area contributed by atoms with Crippen molar-refractivity contribution in [2.75, 3.05) is 0 Å². The lowest BCUT2D eigenvalue weighted by molar-refractivity contribution is 0.220. The lowest BCUT2D eigenvalue weighted by Gasteiger charge is -2.13. The molecule has 1 heterocycles. The average molecular weight is 298 g/mol. The molecule has 3 rings (SSSR count). The van der Waals surface area contributed by atoms with Crippen LogP contribution in [0, 0.1) is 0 Å². The second-order valence-electron chi connectivity index (χ2n) is 5.33. The summed E-state index contributed by atoms with van der Waals surface area (Å²) in [5.41, 5.74) is 0.861. The number of hydrogen-bond acceptors (Lipinski definition) is 3. The molecule has 21 heavy (non-hydrogen) atoms. The van der Waals surface area contributed by atoms with E-state index in [-0.39, 0.29) is 6.10 Å². The van der Waals surface area contributed by atoms with Crippen LogP contribution in [-0.4, -0.2) is 11.2 Å². The maximum atomic E-state index is 10.6. The molecule has 108 valence electrons. The van der Waals surface area contributed by atoms with Gasteiger partial charge in [0.05, 0.1) is 6.10 Å². The van der Waals surface area contributed by atoms with Gasteiger partial charge in [-0.15, -0.1) is 11.3 Å². The van der Waals surface area contributed by atoms with E-state index in [2.05, 4.69) is 18.2 Å². The van der Waals surface area contributed by atoms with Gasteiger partial charge < -0.3 is 9.84 Å². The smallest absolute Gasteiger partial charge is 0.120 e. The van der Waals surface area contributed by atoms with Crippen molar-refractivity contribution in [1.29, 1.82) is 0 Å². The number of benzene rings is 2. The summed E-state index contributed by atoms with van der Waals surface area (Å²) in [5, 5.41) is 11.8. The van der Waals surface area contributed by atoms with Crippen LogP contribution in [0.1, 0.15) is 30.4 Å². The van der Waals surface area contributed by atoms with E-state index in [0.717, 1.165) is 16.2 Å². The number of ether oxygens (including phenoxy) is 1. The third-order valence-corrected chi connectivity index (χ3v) is 4.43. The fraction of sp³-hybridized carbons (Fsp3) is 0.222. The predicted molar refractivity (Wildman–Crippen MR) is 88.1 cm³/mol. The zero-order valence-electron chi connectivity index (χ0n) is 12.1. The minimum atomic E-state index is -0.613. The van der Waals surface area contributed by atoms with Crippen molar-refractivity contribution < 1.29 is 9.84 Å². The maximum absolute atomic E-state index is 10.6. The van der Waals surface area contributed by atoms with E-state index in [1.165, 1.54) is 10.1 Å². The van der Waals surface area contributed by atoms with Gasteiger partial charge in [-0.2, -0.15) is 0 Å². The van der Waals surface area contributed by atoms with Gasteiger partial charge in [0, 0.05) is 9.58 Å². The number of hydrogen-bond donors (Lipinski definition) is 1. The fourth-order valence-corrected chi connectivity index (χ4v) is 3.41. The van der Waals surface area contributed by atoms with Gasteiger partial charge in [0.1, 0.15) is 11.9 Å². The quantitative estimate of drug-likeness (QED) is 0.751. The Labute approximate surface area is 128 Å². The monoisotopic (exact) mass is 298 g/mol. The molecule has 0 bridgehead atoms. The van der Waals surface area contributed by atoms with E-state index >= 15 is 0 Å². The Bertz CT molecular complexity index is 713. The summed E-state index contributed by atoms with van der Waals surface area (Å²) in [4.78, 5) is 0.956. The first-order valence-corrected chi connectivity index (χ1v) is 7.88. The first-order chi connectivity index (χ1) is 10.1. The number of rotatable bonds is 4. The molecule has 0 aliphatic heterocycles. The molecule has 2 aromatic carbocycles. The third-order valence-electron chi connectivity index (χ3n) is 3.26. The zero-order chi connectivity index (χ0) is 14.8. The highest BCUT2D eigenvalue weighted by atomic mass is 32.1. The molecular weight excluding hydrogens is 280 g/mol.